The van der Waals surface area contributed by atoms with Crippen LogP contribution in [0.15, 0.2) is 49.0 Å². The third kappa shape index (κ3) is 2.70. The first-order chi connectivity index (χ1) is 9.15. The zero-order valence-electron chi connectivity index (χ0n) is 10.2. The van der Waals surface area contributed by atoms with Crippen molar-refractivity contribution in [2.24, 2.45) is 0 Å². The number of nitriles is 1. The topological polar surface area (TPSA) is 44.0 Å². The fourth-order valence-corrected chi connectivity index (χ4v) is 1.90. The lowest BCUT2D eigenvalue weighted by Gasteiger charge is -2.11. The molecule has 0 amide bonds. The van der Waals surface area contributed by atoms with Crippen LogP contribution >= 0.6 is 0 Å². The third-order valence-electron chi connectivity index (χ3n) is 2.92. The van der Waals surface area contributed by atoms with Gasteiger partial charge >= 0.3 is 0 Å². The normalized spacial score (nSPS) is 9.95. The molecule has 0 bridgehead atoms. The van der Waals surface area contributed by atoms with Gasteiger partial charge in [0.05, 0.1) is 18.2 Å². The van der Waals surface area contributed by atoms with E-state index in [0.29, 0.717) is 16.7 Å². The molecule has 19 heavy (non-hydrogen) atoms. The number of halogens is 1. The Kier molecular flexibility index (Phi) is 3.74. The van der Waals surface area contributed by atoms with Crippen LogP contribution in [0.1, 0.15) is 22.3 Å². The van der Waals surface area contributed by atoms with Gasteiger partial charge in [-0.15, -0.1) is 0 Å². The molecule has 0 heterocycles. The average molecular weight is 253 g/mol. The maximum Gasteiger partial charge on any atom is 0.123 e. The summed E-state index contributed by atoms with van der Waals surface area (Å²) in [7, 11) is 0. The fourth-order valence-electron chi connectivity index (χ4n) is 1.90. The average Bonchev–Trinajstić information content (AvgIpc) is 2.46. The molecule has 2 rings (SSSR count). The van der Waals surface area contributed by atoms with Crippen molar-refractivity contribution < 1.29 is 9.50 Å². The summed E-state index contributed by atoms with van der Waals surface area (Å²) in [5, 5.41) is 18.2. The highest BCUT2D eigenvalue weighted by Crippen LogP contribution is 2.25. The van der Waals surface area contributed by atoms with Gasteiger partial charge < -0.3 is 5.11 Å². The lowest BCUT2D eigenvalue weighted by atomic mass is 9.94. The van der Waals surface area contributed by atoms with E-state index >= 15 is 0 Å². The molecule has 94 valence electrons. The molecule has 0 aliphatic carbocycles. The first-order valence-electron chi connectivity index (χ1n) is 5.75. The van der Waals surface area contributed by atoms with Crippen molar-refractivity contribution in [3.63, 3.8) is 0 Å². The Morgan fingerprint density at radius 3 is 2.47 bits per heavy atom. The first-order valence-corrected chi connectivity index (χ1v) is 5.75. The van der Waals surface area contributed by atoms with E-state index in [-0.39, 0.29) is 12.4 Å². The minimum absolute atomic E-state index is 0.176. The Morgan fingerprint density at radius 2 is 1.89 bits per heavy atom. The van der Waals surface area contributed by atoms with E-state index < -0.39 is 0 Å². The molecular formula is C16H12FNO. The molecule has 1 N–H and O–H groups in total. The van der Waals surface area contributed by atoms with Crippen molar-refractivity contribution >= 4 is 5.57 Å². The van der Waals surface area contributed by atoms with Crippen molar-refractivity contribution in [3.8, 4) is 6.07 Å². The molecule has 2 nitrogen and oxygen atoms in total. The second kappa shape index (κ2) is 5.47. The highest BCUT2D eigenvalue weighted by molar-refractivity contribution is 5.80. The van der Waals surface area contributed by atoms with E-state index in [1.807, 2.05) is 6.07 Å². The van der Waals surface area contributed by atoms with Gasteiger partial charge in [-0.3, -0.25) is 0 Å². The number of aliphatic hydroxyl groups is 1. The Balaban J connectivity index is 2.44. The molecule has 0 aliphatic heterocycles. The van der Waals surface area contributed by atoms with Crippen LogP contribution in [0.2, 0.25) is 0 Å². The summed E-state index contributed by atoms with van der Waals surface area (Å²) in [5.74, 6) is -0.307. The summed E-state index contributed by atoms with van der Waals surface area (Å²) in [6, 6.07) is 13.1. The molecule has 2 aromatic carbocycles. The minimum atomic E-state index is -0.307. The molecular weight excluding hydrogens is 241 g/mol. The smallest absolute Gasteiger partial charge is 0.123 e. The quantitative estimate of drug-likeness (QED) is 0.912. The lowest BCUT2D eigenvalue weighted by Crippen LogP contribution is -1.95. The monoisotopic (exact) mass is 253 g/mol. The van der Waals surface area contributed by atoms with Crippen LogP contribution in [-0.4, -0.2) is 5.11 Å². The van der Waals surface area contributed by atoms with Crippen LogP contribution in [0.25, 0.3) is 5.57 Å². The highest BCUT2D eigenvalue weighted by atomic mass is 19.1. The summed E-state index contributed by atoms with van der Waals surface area (Å²) in [6.45, 7) is 3.80. The van der Waals surface area contributed by atoms with Gasteiger partial charge in [0.2, 0.25) is 0 Å². The van der Waals surface area contributed by atoms with Crippen LogP contribution in [0.3, 0.4) is 0 Å². The predicted molar refractivity (Wildman–Crippen MR) is 71.6 cm³/mol. The van der Waals surface area contributed by atoms with Crippen molar-refractivity contribution in [1.82, 2.24) is 0 Å². The molecule has 0 aromatic heterocycles. The second-order valence-electron chi connectivity index (χ2n) is 4.13. The van der Waals surface area contributed by atoms with Gasteiger partial charge in [0.25, 0.3) is 0 Å². The Morgan fingerprint density at radius 1 is 1.21 bits per heavy atom. The van der Waals surface area contributed by atoms with Crippen LogP contribution in [0.5, 0.6) is 0 Å². The SMILES string of the molecule is C=C(c1ccc(F)cc1)c1ccc(C#N)cc1CO. The largest absolute Gasteiger partial charge is 0.392 e. The van der Waals surface area contributed by atoms with Gasteiger partial charge in [0.1, 0.15) is 5.82 Å². The van der Waals surface area contributed by atoms with Crippen molar-refractivity contribution in [1.29, 1.82) is 5.26 Å². The highest BCUT2D eigenvalue weighted by Gasteiger charge is 2.08. The van der Waals surface area contributed by atoms with Gasteiger partial charge in [-0.2, -0.15) is 5.26 Å². The number of hydrogen-bond donors (Lipinski definition) is 1. The molecule has 0 saturated heterocycles. The number of benzene rings is 2. The third-order valence-corrected chi connectivity index (χ3v) is 2.92. The van der Waals surface area contributed by atoms with E-state index in [0.717, 1.165) is 11.1 Å². The Bertz CT molecular complexity index is 653. The van der Waals surface area contributed by atoms with Gasteiger partial charge in [0.15, 0.2) is 0 Å². The van der Waals surface area contributed by atoms with Gasteiger partial charge in [-0.25, -0.2) is 4.39 Å². The van der Waals surface area contributed by atoms with E-state index in [2.05, 4.69) is 6.58 Å². The Labute approximate surface area is 111 Å². The standard InChI is InChI=1S/C16H12FNO/c1-11(13-3-5-15(17)6-4-13)16-7-2-12(9-18)8-14(16)10-19/h2-8,19H,1,10H2. The molecule has 0 radical (unpaired) electrons. The fraction of sp³-hybridized carbons (Fsp3) is 0.0625. The zero-order valence-corrected chi connectivity index (χ0v) is 10.2. The lowest BCUT2D eigenvalue weighted by molar-refractivity contribution is 0.281. The van der Waals surface area contributed by atoms with Crippen LogP contribution in [0, 0.1) is 17.1 Å². The van der Waals surface area contributed by atoms with E-state index in [1.165, 1.54) is 12.1 Å². The number of nitrogens with zero attached hydrogens (tertiary/aromatic N) is 1. The van der Waals surface area contributed by atoms with Crippen molar-refractivity contribution in [2.45, 2.75) is 6.61 Å². The predicted octanol–water partition coefficient (Wildman–Crippen LogP) is 3.25. The van der Waals surface area contributed by atoms with Gasteiger partial charge in [-0.1, -0.05) is 24.8 Å². The van der Waals surface area contributed by atoms with Gasteiger partial charge in [-0.05, 0) is 46.5 Å². The molecule has 0 saturated carbocycles. The zero-order chi connectivity index (χ0) is 13.8. The molecule has 0 unspecified atom stereocenters. The van der Waals surface area contributed by atoms with Crippen molar-refractivity contribution in [2.75, 3.05) is 0 Å². The summed E-state index contributed by atoms with van der Waals surface area (Å²) in [6.07, 6.45) is 0. The summed E-state index contributed by atoms with van der Waals surface area (Å²) < 4.78 is 12.9. The Hall–Kier alpha value is -2.44. The summed E-state index contributed by atoms with van der Waals surface area (Å²) in [4.78, 5) is 0. The van der Waals surface area contributed by atoms with Crippen LogP contribution in [-0.2, 0) is 6.61 Å². The molecule has 0 aliphatic rings. The van der Waals surface area contributed by atoms with Crippen LogP contribution in [0.4, 0.5) is 4.39 Å². The van der Waals surface area contributed by atoms with Gasteiger partial charge in [0, 0.05) is 0 Å². The number of hydrogen-bond acceptors (Lipinski definition) is 2. The van der Waals surface area contributed by atoms with Crippen LogP contribution < -0.4 is 0 Å². The maximum absolute atomic E-state index is 12.9. The second-order valence-corrected chi connectivity index (χ2v) is 4.13. The maximum atomic E-state index is 12.9. The molecule has 3 heteroatoms. The molecule has 2 aromatic rings. The van der Waals surface area contributed by atoms with E-state index in [9.17, 15) is 9.50 Å². The number of rotatable bonds is 3. The van der Waals surface area contributed by atoms with E-state index in [4.69, 9.17) is 5.26 Å². The molecule has 0 fully saturated rings. The van der Waals surface area contributed by atoms with Crippen molar-refractivity contribution in [3.05, 3.63) is 77.1 Å². The van der Waals surface area contributed by atoms with E-state index in [1.54, 1.807) is 30.3 Å². The molecule has 0 spiro atoms. The summed E-state index contributed by atoms with van der Waals surface area (Å²) >= 11 is 0. The minimum Gasteiger partial charge on any atom is -0.392 e. The molecule has 0 atom stereocenters. The number of aliphatic hydroxyl groups excluding tert-OH is 1. The first kappa shape index (κ1) is 13.0. The summed E-state index contributed by atoms with van der Waals surface area (Å²) in [5.41, 5.74) is 3.34.